The van der Waals surface area contributed by atoms with E-state index < -0.39 is 0 Å². The Morgan fingerprint density at radius 2 is 1.90 bits per heavy atom. The number of aryl methyl sites for hydroxylation is 1. The number of aromatic nitrogens is 1. The Labute approximate surface area is 125 Å². The van der Waals surface area contributed by atoms with Crippen LogP contribution >= 0.6 is 0 Å². The molecule has 0 saturated heterocycles. The van der Waals surface area contributed by atoms with Crippen LogP contribution in [0.5, 0.6) is 5.75 Å². The highest BCUT2D eigenvalue weighted by molar-refractivity contribution is 5.29. The van der Waals surface area contributed by atoms with E-state index in [2.05, 4.69) is 29.4 Å². The number of pyridine rings is 1. The van der Waals surface area contributed by atoms with Gasteiger partial charge in [-0.05, 0) is 31.5 Å². The summed E-state index contributed by atoms with van der Waals surface area (Å²) in [4.78, 5) is 4.38. The van der Waals surface area contributed by atoms with Crippen molar-refractivity contribution in [1.82, 2.24) is 10.3 Å². The smallest absolute Gasteiger partial charge is 0.138 e. The third-order valence-corrected chi connectivity index (χ3v) is 3.58. The molecule has 1 aromatic heterocycles. The van der Waals surface area contributed by atoms with Crippen molar-refractivity contribution in [2.45, 2.75) is 25.9 Å². The summed E-state index contributed by atoms with van der Waals surface area (Å²) in [6, 6.07) is 13.6. The van der Waals surface area contributed by atoms with Crippen LogP contribution in [0.15, 0.2) is 42.5 Å². The van der Waals surface area contributed by atoms with Crippen molar-refractivity contribution in [3.63, 3.8) is 0 Å². The maximum absolute atomic E-state index is 9.90. The SMILES string of the molecule is COC[C@](C)(NCc1nc(C)ccc1O)c1ccccc1. The van der Waals surface area contributed by atoms with E-state index in [1.807, 2.05) is 25.1 Å². The van der Waals surface area contributed by atoms with E-state index in [9.17, 15) is 5.11 Å². The van der Waals surface area contributed by atoms with E-state index in [1.54, 1.807) is 19.2 Å². The molecule has 112 valence electrons. The topological polar surface area (TPSA) is 54.4 Å². The van der Waals surface area contributed by atoms with Crippen LogP contribution in [0.4, 0.5) is 0 Å². The highest BCUT2D eigenvalue weighted by Gasteiger charge is 2.26. The normalized spacial score (nSPS) is 13.9. The first kappa shape index (κ1) is 15.5. The second kappa shape index (κ2) is 6.70. The third-order valence-electron chi connectivity index (χ3n) is 3.58. The Balaban J connectivity index is 2.19. The van der Waals surface area contributed by atoms with Gasteiger partial charge in [0.15, 0.2) is 0 Å². The molecule has 4 heteroatoms. The average Bonchev–Trinajstić information content (AvgIpc) is 2.49. The molecule has 0 spiro atoms. The Hall–Kier alpha value is -1.91. The molecule has 1 atom stereocenters. The largest absolute Gasteiger partial charge is 0.506 e. The fraction of sp³-hybridized carbons (Fsp3) is 0.353. The molecule has 0 aliphatic heterocycles. The number of benzene rings is 1. The molecule has 0 amide bonds. The van der Waals surface area contributed by atoms with Crippen molar-refractivity contribution >= 4 is 0 Å². The van der Waals surface area contributed by atoms with E-state index in [4.69, 9.17) is 4.74 Å². The minimum Gasteiger partial charge on any atom is -0.506 e. The maximum atomic E-state index is 9.90. The number of hydrogen-bond donors (Lipinski definition) is 2. The molecule has 0 saturated carbocycles. The van der Waals surface area contributed by atoms with Gasteiger partial charge in [0.2, 0.25) is 0 Å². The van der Waals surface area contributed by atoms with Gasteiger partial charge in [-0.25, -0.2) is 0 Å². The second-order valence-corrected chi connectivity index (χ2v) is 5.40. The first-order valence-electron chi connectivity index (χ1n) is 7.00. The van der Waals surface area contributed by atoms with Crippen molar-refractivity contribution in [2.75, 3.05) is 13.7 Å². The van der Waals surface area contributed by atoms with E-state index >= 15 is 0 Å². The van der Waals surface area contributed by atoms with Gasteiger partial charge in [0.1, 0.15) is 5.75 Å². The fourth-order valence-corrected chi connectivity index (χ4v) is 2.34. The molecule has 0 unspecified atom stereocenters. The molecule has 0 radical (unpaired) electrons. The highest BCUT2D eigenvalue weighted by atomic mass is 16.5. The predicted molar refractivity (Wildman–Crippen MR) is 83.1 cm³/mol. The second-order valence-electron chi connectivity index (χ2n) is 5.40. The standard InChI is InChI=1S/C17H22N2O2/c1-13-9-10-16(20)15(19-13)11-18-17(2,12-21-3)14-7-5-4-6-8-14/h4-10,18,20H,11-12H2,1-3H3/t17-/m0/s1. The Morgan fingerprint density at radius 1 is 1.19 bits per heavy atom. The lowest BCUT2D eigenvalue weighted by Gasteiger charge is -2.31. The minimum atomic E-state index is -0.339. The Kier molecular flexibility index (Phi) is 4.94. The summed E-state index contributed by atoms with van der Waals surface area (Å²) in [6.45, 7) is 5.00. The summed E-state index contributed by atoms with van der Waals surface area (Å²) in [5.41, 5.74) is 2.33. The predicted octanol–water partition coefficient (Wildman–Crippen LogP) is 2.75. The zero-order chi connectivity index (χ0) is 15.3. The molecule has 2 rings (SSSR count). The van der Waals surface area contributed by atoms with Crippen LogP contribution in [0.25, 0.3) is 0 Å². The van der Waals surface area contributed by atoms with Gasteiger partial charge in [0.25, 0.3) is 0 Å². The van der Waals surface area contributed by atoms with Gasteiger partial charge in [-0.15, -0.1) is 0 Å². The molecule has 0 bridgehead atoms. The number of hydrogen-bond acceptors (Lipinski definition) is 4. The molecule has 1 aromatic carbocycles. The van der Waals surface area contributed by atoms with E-state index in [-0.39, 0.29) is 11.3 Å². The van der Waals surface area contributed by atoms with E-state index in [0.717, 1.165) is 11.3 Å². The summed E-state index contributed by atoms with van der Waals surface area (Å²) in [6.07, 6.45) is 0. The van der Waals surface area contributed by atoms with Crippen LogP contribution in [0.3, 0.4) is 0 Å². The molecular formula is C17H22N2O2. The lowest BCUT2D eigenvalue weighted by molar-refractivity contribution is 0.116. The van der Waals surface area contributed by atoms with Gasteiger partial charge in [-0.1, -0.05) is 30.3 Å². The fourth-order valence-electron chi connectivity index (χ4n) is 2.34. The van der Waals surface area contributed by atoms with Crippen molar-refractivity contribution in [3.8, 4) is 5.75 Å². The van der Waals surface area contributed by atoms with Gasteiger partial charge in [-0.2, -0.15) is 0 Å². The third kappa shape index (κ3) is 3.80. The molecule has 2 aromatic rings. The molecule has 0 aliphatic carbocycles. The summed E-state index contributed by atoms with van der Waals surface area (Å²) in [7, 11) is 1.69. The van der Waals surface area contributed by atoms with Gasteiger partial charge in [0, 0.05) is 19.3 Å². The highest BCUT2D eigenvalue weighted by Crippen LogP contribution is 2.23. The molecule has 0 aliphatic rings. The first-order chi connectivity index (χ1) is 10.0. The van der Waals surface area contributed by atoms with Crippen LogP contribution in [0, 0.1) is 6.92 Å². The first-order valence-corrected chi connectivity index (χ1v) is 7.00. The van der Waals surface area contributed by atoms with Gasteiger partial charge in [-0.3, -0.25) is 10.3 Å². The summed E-state index contributed by atoms with van der Waals surface area (Å²) in [5, 5.41) is 13.3. The molecule has 21 heavy (non-hydrogen) atoms. The van der Waals surface area contributed by atoms with Crippen LogP contribution < -0.4 is 5.32 Å². The quantitative estimate of drug-likeness (QED) is 0.857. The molecule has 2 N–H and O–H groups in total. The molecule has 0 fully saturated rings. The zero-order valence-corrected chi connectivity index (χ0v) is 12.8. The van der Waals surface area contributed by atoms with Crippen molar-refractivity contribution in [2.24, 2.45) is 0 Å². The Bertz CT molecular complexity index is 587. The number of rotatable bonds is 6. The summed E-state index contributed by atoms with van der Waals surface area (Å²) in [5.74, 6) is 0.209. The Morgan fingerprint density at radius 3 is 2.57 bits per heavy atom. The summed E-state index contributed by atoms with van der Waals surface area (Å²) < 4.78 is 5.36. The van der Waals surface area contributed by atoms with Crippen LogP contribution in [-0.2, 0) is 16.8 Å². The van der Waals surface area contributed by atoms with Crippen LogP contribution in [-0.4, -0.2) is 23.8 Å². The van der Waals surface area contributed by atoms with Gasteiger partial charge < -0.3 is 9.84 Å². The van der Waals surface area contributed by atoms with Crippen molar-refractivity contribution in [1.29, 1.82) is 0 Å². The number of ether oxygens (including phenoxy) is 1. The van der Waals surface area contributed by atoms with Crippen LogP contribution in [0.1, 0.15) is 23.9 Å². The molecule has 4 nitrogen and oxygen atoms in total. The lowest BCUT2D eigenvalue weighted by Crippen LogP contribution is -2.43. The minimum absolute atomic E-state index is 0.209. The number of methoxy groups -OCH3 is 1. The summed E-state index contributed by atoms with van der Waals surface area (Å²) >= 11 is 0. The molecule has 1 heterocycles. The van der Waals surface area contributed by atoms with E-state index in [1.165, 1.54) is 0 Å². The van der Waals surface area contributed by atoms with Crippen molar-refractivity contribution < 1.29 is 9.84 Å². The molecular weight excluding hydrogens is 264 g/mol. The number of nitrogens with one attached hydrogen (secondary N) is 1. The number of aromatic hydroxyl groups is 1. The monoisotopic (exact) mass is 286 g/mol. The lowest BCUT2D eigenvalue weighted by atomic mass is 9.92. The maximum Gasteiger partial charge on any atom is 0.138 e. The average molecular weight is 286 g/mol. The van der Waals surface area contributed by atoms with Gasteiger partial charge in [0.05, 0.1) is 17.8 Å². The van der Waals surface area contributed by atoms with Crippen molar-refractivity contribution in [3.05, 3.63) is 59.4 Å². The van der Waals surface area contributed by atoms with E-state index in [0.29, 0.717) is 18.8 Å². The van der Waals surface area contributed by atoms with Gasteiger partial charge >= 0.3 is 0 Å². The zero-order valence-electron chi connectivity index (χ0n) is 12.8. The van der Waals surface area contributed by atoms with Crippen LogP contribution in [0.2, 0.25) is 0 Å². The number of nitrogens with zero attached hydrogens (tertiary/aromatic N) is 1.